The van der Waals surface area contributed by atoms with E-state index in [0.717, 1.165) is 45.9 Å². The van der Waals surface area contributed by atoms with E-state index in [1.165, 1.54) is 0 Å². The van der Waals surface area contributed by atoms with E-state index in [1.807, 2.05) is 57.5 Å². The lowest BCUT2D eigenvalue weighted by molar-refractivity contribution is -0.144. The average molecular weight is 564 g/mol. The predicted octanol–water partition coefficient (Wildman–Crippen LogP) is 3.10. The summed E-state index contributed by atoms with van der Waals surface area (Å²) in [6.07, 6.45) is 1.64. The highest BCUT2D eigenvalue weighted by Crippen LogP contribution is 2.43. The van der Waals surface area contributed by atoms with E-state index in [0.29, 0.717) is 19.0 Å². The highest BCUT2D eigenvalue weighted by molar-refractivity contribution is 7.13. The molecule has 10 nitrogen and oxygen atoms in total. The number of carbonyl (C=O) groups excluding carboxylic acids is 2. The van der Waals surface area contributed by atoms with Gasteiger partial charge in [-0.2, -0.15) is 0 Å². The lowest BCUT2D eigenvalue weighted by Crippen LogP contribution is -2.51. The predicted molar refractivity (Wildman–Crippen MR) is 151 cm³/mol. The molecule has 0 unspecified atom stereocenters. The summed E-state index contributed by atoms with van der Waals surface area (Å²) in [5.41, 5.74) is 6.35. The Hall–Kier alpha value is -3.15. The number of rotatable bonds is 6. The molecular weight excluding hydrogens is 526 g/mol. The number of fused-ring (bicyclic) bond motifs is 1. The Morgan fingerprint density at radius 3 is 2.65 bits per heavy atom. The van der Waals surface area contributed by atoms with Crippen LogP contribution in [-0.2, 0) is 16.1 Å². The number of thiazole rings is 1. The Bertz CT molecular complexity index is 1410. The lowest BCUT2D eigenvalue weighted by atomic mass is 9.83. The number of amides is 2. The number of benzene rings is 1. The molecule has 4 atom stereocenters. The van der Waals surface area contributed by atoms with E-state index in [1.54, 1.807) is 20.9 Å². The number of aromatic nitrogens is 4. The average Bonchev–Trinajstić information content (AvgIpc) is 3.40. The van der Waals surface area contributed by atoms with Gasteiger partial charge in [-0.25, -0.2) is 9.67 Å². The zero-order valence-electron chi connectivity index (χ0n) is 23.4. The standard InChI is InChI=1S/C29H37N7O3S/c1-16(18-5-9-20(10-6-18)25-17(2)31-15-40-25)32-27(38)22-11-21(37)13-35(22)28(39)26-29(3,4)14-30-12-23-24(19-7-8-19)33-34-36(23)26/h5-6,9-10,15-16,19,21-22,26,30,37H,7-8,11-14H2,1-4H3,(H,32,38)/t16-,21+,22-,26+/m0/s1. The van der Waals surface area contributed by atoms with Gasteiger partial charge in [0.1, 0.15) is 12.1 Å². The molecule has 1 aromatic carbocycles. The van der Waals surface area contributed by atoms with Crippen LogP contribution in [0.1, 0.15) is 80.7 Å². The largest absolute Gasteiger partial charge is 0.391 e. The van der Waals surface area contributed by atoms with Crippen LogP contribution in [0.5, 0.6) is 0 Å². The fourth-order valence-corrected chi connectivity index (χ4v) is 6.92. The lowest BCUT2D eigenvalue weighted by Gasteiger charge is -2.36. The molecule has 1 saturated heterocycles. The van der Waals surface area contributed by atoms with E-state index in [-0.39, 0.29) is 30.8 Å². The van der Waals surface area contributed by atoms with Crippen molar-refractivity contribution >= 4 is 23.2 Å². The van der Waals surface area contributed by atoms with Crippen LogP contribution < -0.4 is 10.6 Å². The Balaban J connectivity index is 1.21. The smallest absolute Gasteiger partial charge is 0.248 e. The Labute approximate surface area is 238 Å². The first kappa shape index (κ1) is 27.0. The van der Waals surface area contributed by atoms with Crippen molar-refractivity contribution in [2.75, 3.05) is 13.1 Å². The quantitative estimate of drug-likeness (QED) is 0.421. The molecule has 6 rings (SSSR count). The maximum atomic E-state index is 14.2. The van der Waals surface area contributed by atoms with E-state index in [9.17, 15) is 14.7 Å². The minimum Gasteiger partial charge on any atom is -0.391 e. The molecule has 0 radical (unpaired) electrons. The fraction of sp³-hybridized carbons (Fsp3) is 0.552. The van der Waals surface area contributed by atoms with E-state index < -0.39 is 23.6 Å². The van der Waals surface area contributed by atoms with Crippen LogP contribution >= 0.6 is 11.3 Å². The van der Waals surface area contributed by atoms with Gasteiger partial charge in [0, 0.05) is 37.4 Å². The summed E-state index contributed by atoms with van der Waals surface area (Å²) >= 11 is 1.61. The first-order valence-electron chi connectivity index (χ1n) is 14.1. The van der Waals surface area contributed by atoms with Crippen LogP contribution in [0.4, 0.5) is 0 Å². The van der Waals surface area contributed by atoms with Crippen molar-refractivity contribution in [3.63, 3.8) is 0 Å². The minimum absolute atomic E-state index is 0.119. The molecule has 40 heavy (non-hydrogen) atoms. The molecule has 1 aliphatic carbocycles. The molecule has 1 saturated carbocycles. The van der Waals surface area contributed by atoms with Crippen molar-refractivity contribution < 1.29 is 14.7 Å². The number of β-amino-alcohol motifs (C(OH)–C–C–N with tert-alkyl or cyclic N) is 1. The van der Waals surface area contributed by atoms with Gasteiger partial charge in [-0.05, 0) is 37.8 Å². The maximum Gasteiger partial charge on any atom is 0.248 e. The molecule has 3 aromatic rings. The first-order chi connectivity index (χ1) is 19.1. The van der Waals surface area contributed by atoms with Crippen molar-refractivity contribution in [2.24, 2.45) is 5.41 Å². The minimum atomic E-state index is -0.763. The molecule has 3 aliphatic rings. The number of likely N-dealkylation sites (tertiary alicyclic amines) is 1. The van der Waals surface area contributed by atoms with Crippen LogP contribution in [-0.4, -0.2) is 67.0 Å². The normalized spacial score (nSPS) is 24.8. The van der Waals surface area contributed by atoms with Gasteiger partial charge in [0.05, 0.1) is 39.6 Å². The summed E-state index contributed by atoms with van der Waals surface area (Å²) in [5.74, 6) is -0.0474. The van der Waals surface area contributed by atoms with Gasteiger partial charge in [-0.15, -0.1) is 16.4 Å². The molecule has 4 heterocycles. The highest BCUT2D eigenvalue weighted by Gasteiger charge is 2.48. The zero-order chi connectivity index (χ0) is 28.2. The van der Waals surface area contributed by atoms with Gasteiger partial charge in [-0.3, -0.25) is 9.59 Å². The maximum absolute atomic E-state index is 14.2. The molecule has 3 N–H and O–H groups in total. The number of nitrogens with one attached hydrogen (secondary N) is 2. The SMILES string of the molecule is Cc1ncsc1-c1ccc([C@H](C)NC(=O)[C@@H]2C[C@@H](O)CN2C(=O)[C@H]2n3nnc(C4CC4)c3CNCC2(C)C)cc1. The molecule has 2 aliphatic heterocycles. The molecule has 0 bridgehead atoms. The summed E-state index contributed by atoms with van der Waals surface area (Å²) in [5, 5.41) is 26.1. The van der Waals surface area contributed by atoms with Gasteiger partial charge in [0.2, 0.25) is 11.8 Å². The second-order valence-electron chi connectivity index (χ2n) is 12.1. The monoisotopic (exact) mass is 563 g/mol. The molecule has 11 heteroatoms. The molecule has 2 aromatic heterocycles. The second kappa shape index (κ2) is 10.4. The third-order valence-electron chi connectivity index (χ3n) is 8.52. The summed E-state index contributed by atoms with van der Waals surface area (Å²) < 4.78 is 1.78. The molecule has 212 valence electrons. The van der Waals surface area contributed by atoms with Crippen LogP contribution in [0, 0.1) is 12.3 Å². The van der Waals surface area contributed by atoms with E-state index in [4.69, 9.17) is 0 Å². The topological polar surface area (TPSA) is 125 Å². The van der Waals surface area contributed by atoms with Gasteiger partial charge < -0.3 is 20.6 Å². The summed E-state index contributed by atoms with van der Waals surface area (Å²) in [6, 6.07) is 6.46. The zero-order valence-corrected chi connectivity index (χ0v) is 24.2. The number of hydrogen-bond donors (Lipinski definition) is 3. The summed E-state index contributed by atoms with van der Waals surface area (Å²) in [4.78, 5) is 34.8. The van der Waals surface area contributed by atoms with Crippen molar-refractivity contribution in [2.45, 2.75) is 83.6 Å². The first-order valence-corrected chi connectivity index (χ1v) is 15.0. The Morgan fingerprint density at radius 1 is 1.23 bits per heavy atom. The number of aryl methyl sites for hydroxylation is 1. The van der Waals surface area contributed by atoms with Crippen molar-refractivity contribution in [1.29, 1.82) is 0 Å². The van der Waals surface area contributed by atoms with Gasteiger partial charge in [0.25, 0.3) is 0 Å². The molecule has 0 spiro atoms. The second-order valence-corrected chi connectivity index (χ2v) is 13.0. The Morgan fingerprint density at radius 2 is 1.98 bits per heavy atom. The highest BCUT2D eigenvalue weighted by atomic mass is 32.1. The van der Waals surface area contributed by atoms with Crippen molar-refractivity contribution in [1.82, 2.24) is 35.5 Å². The van der Waals surface area contributed by atoms with Gasteiger partial charge >= 0.3 is 0 Å². The summed E-state index contributed by atoms with van der Waals surface area (Å²) in [6.45, 7) is 9.36. The van der Waals surface area contributed by atoms with Crippen molar-refractivity contribution in [3.8, 4) is 10.4 Å². The third-order valence-corrected chi connectivity index (χ3v) is 9.50. The number of aliphatic hydroxyl groups excluding tert-OH is 1. The van der Waals surface area contributed by atoms with Crippen LogP contribution in [0.25, 0.3) is 10.4 Å². The molecule has 2 amide bonds. The van der Waals surface area contributed by atoms with Crippen LogP contribution in [0.2, 0.25) is 0 Å². The van der Waals surface area contributed by atoms with Gasteiger partial charge in [0.15, 0.2) is 0 Å². The van der Waals surface area contributed by atoms with E-state index >= 15 is 0 Å². The third kappa shape index (κ3) is 4.95. The summed E-state index contributed by atoms with van der Waals surface area (Å²) in [7, 11) is 0. The van der Waals surface area contributed by atoms with Crippen molar-refractivity contribution in [3.05, 3.63) is 52.4 Å². The Kier molecular flexibility index (Phi) is 7.00. The van der Waals surface area contributed by atoms with E-state index in [2.05, 4.69) is 25.9 Å². The number of hydrogen-bond acceptors (Lipinski definition) is 8. The van der Waals surface area contributed by atoms with Crippen LogP contribution in [0.15, 0.2) is 29.8 Å². The number of carbonyl (C=O) groups is 2. The number of nitrogens with zero attached hydrogens (tertiary/aromatic N) is 5. The molecular formula is C29H37N7O3S. The fourth-order valence-electron chi connectivity index (χ4n) is 6.11. The van der Waals surface area contributed by atoms with Gasteiger partial charge in [-0.1, -0.05) is 43.3 Å². The molecule has 2 fully saturated rings. The number of aliphatic hydroxyl groups is 1. The van der Waals surface area contributed by atoms with Crippen LogP contribution in [0.3, 0.4) is 0 Å².